The standard InChI is InChI=1S/C23H21N3O4/c1-16-7-5-10-18(13-16)26-22(28)20(14-21(27)24-17-8-3-2-4-9-17)25(23(26)29)15-19-11-6-12-30-19/h2-13,20H,14-15H2,1H3,(H,24,27)/t20-/m1/s1. The topological polar surface area (TPSA) is 82.9 Å². The molecule has 0 aliphatic carbocycles. The first-order chi connectivity index (χ1) is 14.5. The Morgan fingerprint density at radius 2 is 1.83 bits per heavy atom. The molecule has 1 aliphatic rings. The summed E-state index contributed by atoms with van der Waals surface area (Å²) in [6.07, 6.45) is 1.36. The Morgan fingerprint density at radius 1 is 1.03 bits per heavy atom. The zero-order valence-corrected chi connectivity index (χ0v) is 16.4. The van der Waals surface area contributed by atoms with Crippen LogP contribution in [0.5, 0.6) is 0 Å². The van der Waals surface area contributed by atoms with Crippen molar-refractivity contribution in [3.05, 3.63) is 84.3 Å². The Morgan fingerprint density at radius 3 is 2.53 bits per heavy atom. The van der Waals surface area contributed by atoms with Crippen LogP contribution in [0.4, 0.5) is 16.2 Å². The molecule has 4 amide bonds. The fraction of sp³-hybridized carbons (Fsp3) is 0.174. The van der Waals surface area contributed by atoms with Crippen molar-refractivity contribution in [1.29, 1.82) is 0 Å². The Hall–Kier alpha value is -3.87. The average molecular weight is 403 g/mol. The van der Waals surface area contributed by atoms with Gasteiger partial charge in [0.2, 0.25) is 5.91 Å². The summed E-state index contributed by atoms with van der Waals surface area (Å²) < 4.78 is 5.36. The summed E-state index contributed by atoms with van der Waals surface area (Å²) in [5.74, 6) is -0.237. The maximum absolute atomic E-state index is 13.2. The van der Waals surface area contributed by atoms with Crippen molar-refractivity contribution in [3.63, 3.8) is 0 Å². The molecule has 1 fully saturated rings. The van der Waals surface area contributed by atoms with Crippen LogP contribution in [-0.2, 0) is 16.1 Å². The highest BCUT2D eigenvalue weighted by Gasteiger charge is 2.47. The van der Waals surface area contributed by atoms with E-state index in [9.17, 15) is 14.4 Å². The van der Waals surface area contributed by atoms with Gasteiger partial charge in [0.15, 0.2) is 0 Å². The number of furan rings is 1. The van der Waals surface area contributed by atoms with Crippen LogP contribution in [0.1, 0.15) is 17.7 Å². The van der Waals surface area contributed by atoms with Crippen LogP contribution in [0.15, 0.2) is 77.4 Å². The molecule has 1 aromatic heterocycles. The SMILES string of the molecule is Cc1cccc(N2C(=O)[C@@H](CC(=O)Nc3ccccc3)N(Cc3ccco3)C2=O)c1. The van der Waals surface area contributed by atoms with Gasteiger partial charge in [0.05, 0.1) is 24.9 Å². The number of benzene rings is 2. The summed E-state index contributed by atoms with van der Waals surface area (Å²) >= 11 is 0. The summed E-state index contributed by atoms with van der Waals surface area (Å²) in [6.45, 7) is 1.99. The molecule has 1 atom stereocenters. The Kier molecular flexibility index (Phi) is 5.34. The third-order valence-corrected chi connectivity index (χ3v) is 4.92. The van der Waals surface area contributed by atoms with Crippen LogP contribution in [0.2, 0.25) is 0 Å². The first kappa shape index (κ1) is 19.4. The number of hydrogen-bond donors (Lipinski definition) is 1. The second-order valence-electron chi connectivity index (χ2n) is 7.14. The largest absolute Gasteiger partial charge is 0.467 e. The Bertz CT molecular complexity index is 1060. The number of imide groups is 1. The quantitative estimate of drug-likeness (QED) is 0.632. The lowest BCUT2D eigenvalue weighted by atomic mass is 10.1. The van der Waals surface area contributed by atoms with E-state index < -0.39 is 18.0 Å². The molecule has 1 aliphatic heterocycles. The van der Waals surface area contributed by atoms with Crippen LogP contribution >= 0.6 is 0 Å². The van der Waals surface area contributed by atoms with E-state index in [1.165, 1.54) is 11.2 Å². The normalized spacial score (nSPS) is 16.2. The van der Waals surface area contributed by atoms with Gasteiger partial charge in [-0.15, -0.1) is 0 Å². The van der Waals surface area contributed by atoms with Crippen LogP contribution in [0, 0.1) is 6.92 Å². The lowest BCUT2D eigenvalue weighted by molar-refractivity contribution is -0.124. The molecule has 0 radical (unpaired) electrons. The van der Waals surface area contributed by atoms with Crippen molar-refractivity contribution in [1.82, 2.24) is 4.90 Å². The number of carbonyl (C=O) groups is 3. The molecule has 4 rings (SSSR count). The summed E-state index contributed by atoms with van der Waals surface area (Å²) in [5.41, 5.74) is 2.05. The molecule has 3 aromatic rings. The van der Waals surface area contributed by atoms with E-state index in [0.717, 1.165) is 10.5 Å². The van der Waals surface area contributed by atoms with E-state index in [0.29, 0.717) is 17.1 Å². The van der Waals surface area contributed by atoms with Crippen molar-refractivity contribution in [2.24, 2.45) is 0 Å². The molecule has 0 spiro atoms. The average Bonchev–Trinajstić information content (AvgIpc) is 3.31. The molecule has 0 saturated carbocycles. The monoisotopic (exact) mass is 403 g/mol. The zero-order valence-electron chi connectivity index (χ0n) is 16.4. The number of hydrogen-bond acceptors (Lipinski definition) is 4. The van der Waals surface area contributed by atoms with Crippen molar-refractivity contribution in [3.8, 4) is 0 Å². The number of amides is 4. The van der Waals surface area contributed by atoms with E-state index in [1.54, 1.807) is 42.5 Å². The maximum Gasteiger partial charge on any atom is 0.332 e. The molecule has 2 heterocycles. The number of urea groups is 1. The Balaban J connectivity index is 1.60. The van der Waals surface area contributed by atoms with Gasteiger partial charge in [0, 0.05) is 5.69 Å². The molecule has 7 nitrogen and oxygen atoms in total. The van der Waals surface area contributed by atoms with E-state index >= 15 is 0 Å². The molecule has 7 heteroatoms. The van der Waals surface area contributed by atoms with Crippen molar-refractivity contribution < 1.29 is 18.8 Å². The van der Waals surface area contributed by atoms with E-state index in [-0.39, 0.29) is 18.9 Å². The van der Waals surface area contributed by atoms with Crippen molar-refractivity contribution >= 4 is 29.2 Å². The second kappa shape index (κ2) is 8.24. The van der Waals surface area contributed by atoms with Gasteiger partial charge in [-0.05, 0) is 48.9 Å². The molecule has 0 bridgehead atoms. The maximum atomic E-state index is 13.2. The minimum Gasteiger partial charge on any atom is -0.467 e. The van der Waals surface area contributed by atoms with Gasteiger partial charge in [0.1, 0.15) is 11.8 Å². The number of carbonyl (C=O) groups excluding carboxylic acids is 3. The first-order valence-electron chi connectivity index (χ1n) is 9.61. The van der Waals surface area contributed by atoms with E-state index in [4.69, 9.17) is 4.42 Å². The van der Waals surface area contributed by atoms with E-state index in [2.05, 4.69) is 5.32 Å². The molecule has 0 unspecified atom stereocenters. The highest BCUT2D eigenvalue weighted by atomic mass is 16.3. The Labute approximate surface area is 173 Å². The van der Waals surface area contributed by atoms with Gasteiger partial charge in [-0.3, -0.25) is 9.59 Å². The molecule has 152 valence electrons. The molecule has 1 saturated heterocycles. The second-order valence-corrected chi connectivity index (χ2v) is 7.14. The van der Waals surface area contributed by atoms with Gasteiger partial charge in [-0.25, -0.2) is 9.69 Å². The number of nitrogens with one attached hydrogen (secondary N) is 1. The lowest BCUT2D eigenvalue weighted by Gasteiger charge is -2.20. The predicted octanol–water partition coefficient (Wildman–Crippen LogP) is 3.95. The highest BCUT2D eigenvalue weighted by Crippen LogP contribution is 2.29. The third-order valence-electron chi connectivity index (χ3n) is 4.92. The van der Waals surface area contributed by atoms with Gasteiger partial charge < -0.3 is 14.6 Å². The number of para-hydroxylation sites is 1. The first-order valence-corrected chi connectivity index (χ1v) is 9.61. The van der Waals surface area contributed by atoms with Crippen molar-refractivity contribution in [2.75, 3.05) is 10.2 Å². The molecule has 30 heavy (non-hydrogen) atoms. The van der Waals surface area contributed by atoms with Crippen LogP contribution < -0.4 is 10.2 Å². The number of rotatable bonds is 6. The van der Waals surface area contributed by atoms with Crippen LogP contribution in [-0.4, -0.2) is 28.8 Å². The van der Waals surface area contributed by atoms with Crippen LogP contribution in [0.25, 0.3) is 0 Å². The minimum atomic E-state index is -0.924. The summed E-state index contributed by atoms with van der Waals surface area (Å²) in [4.78, 5) is 41.5. The lowest BCUT2D eigenvalue weighted by Crippen LogP contribution is -2.37. The smallest absolute Gasteiger partial charge is 0.332 e. The number of aryl methyl sites for hydroxylation is 1. The molecular weight excluding hydrogens is 382 g/mol. The van der Waals surface area contributed by atoms with Crippen LogP contribution in [0.3, 0.4) is 0 Å². The summed E-state index contributed by atoms with van der Waals surface area (Å²) in [5, 5.41) is 2.78. The summed E-state index contributed by atoms with van der Waals surface area (Å²) in [6, 6.07) is 18.2. The molecule has 2 aromatic carbocycles. The highest BCUT2D eigenvalue weighted by molar-refractivity contribution is 6.22. The van der Waals surface area contributed by atoms with Gasteiger partial charge in [-0.1, -0.05) is 30.3 Å². The minimum absolute atomic E-state index is 0.100. The fourth-order valence-electron chi connectivity index (χ4n) is 3.50. The fourth-order valence-corrected chi connectivity index (χ4v) is 3.50. The number of nitrogens with zero attached hydrogens (tertiary/aromatic N) is 2. The number of anilines is 2. The zero-order chi connectivity index (χ0) is 21.1. The molecule has 1 N–H and O–H groups in total. The predicted molar refractivity (Wildman–Crippen MR) is 112 cm³/mol. The summed E-state index contributed by atoms with van der Waals surface area (Å²) in [7, 11) is 0. The van der Waals surface area contributed by atoms with Gasteiger partial charge >= 0.3 is 6.03 Å². The van der Waals surface area contributed by atoms with Gasteiger partial charge in [0.25, 0.3) is 5.91 Å². The van der Waals surface area contributed by atoms with Gasteiger partial charge in [-0.2, -0.15) is 0 Å². The third kappa shape index (κ3) is 3.96. The van der Waals surface area contributed by atoms with E-state index in [1.807, 2.05) is 31.2 Å². The molecular formula is C23H21N3O4. The van der Waals surface area contributed by atoms with Crippen molar-refractivity contribution in [2.45, 2.75) is 25.9 Å².